The topological polar surface area (TPSA) is 80.0 Å². The van der Waals surface area contributed by atoms with Crippen molar-refractivity contribution in [2.75, 3.05) is 0 Å². The van der Waals surface area contributed by atoms with Gasteiger partial charge in [0.2, 0.25) is 0 Å². The number of carbonyl (C=O) groups is 1. The van der Waals surface area contributed by atoms with Gasteiger partial charge in [0.1, 0.15) is 5.75 Å². The second kappa shape index (κ2) is 8.28. The van der Waals surface area contributed by atoms with Gasteiger partial charge in [-0.15, -0.1) is 0 Å². The van der Waals surface area contributed by atoms with Crippen molar-refractivity contribution in [3.63, 3.8) is 0 Å². The number of phenolic OH excluding ortho intramolecular Hbond substituents is 1. The first-order valence-corrected chi connectivity index (χ1v) is 9.72. The molecular formula is C22H17BrN4O2. The molecule has 6 nitrogen and oxygen atoms in total. The van der Waals surface area contributed by atoms with Crippen LogP contribution in [0.3, 0.4) is 0 Å². The largest absolute Gasteiger partial charge is 0.507 e. The molecule has 0 radical (unpaired) electrons. The van der Waals surface area contributed by atoms with Crippen LogP contribution in [0.2, 0.25) is 0 Å². The highest BCUT2D eigenvalue weighted by molar-refractivity contribution is 9.10. The number of carbonyl (C=O) groups excluding carboxylic acids is 1. The lowest BCUT2D eigenvalue weighted by molar-refractivity contribution is 0.0948. The molecule has 2 N–H and O–H groups in total. The van der Waals surface area contributed by atoms with Crippen LogP contribution in [0.1, 0.15) is 15.9 Å². The van der Waals surface area contributed by atoms with Gasteiger partial charge in [0.25, 0.3) is 5.91 Å². The van der Waals surface area contributed by atoms with Crippen molar-refractivity contribution in [3.05, 3.63) is 94.9 Å². The van der Waals surface area contributed by atoms with Gasteiger partial charge in [-0.3, -0.25) is 9.78 Å². The molecule has 0 unspecified atom stereocenters. The maximum atomic E-state index is 12.6. The number of hydrogen-bond acceptors (Lipinski definition) is 4. The second-order valence-corrected chi connectivity index (χ2v) is 7.28. The standard InChI is InChI=1S/C22H17BrN4O2/c23-17-6-7-19(20(28)12-17)22(29)25-13-16-14-27(18-4-2-1-3-5-18)26-21(16)15-8-10-24-11-9-15/h1-12,14,28H,13H2,(H,25,29). The zero-order chi connectivity index (χ0) is 20.2. The molecule has 4 rings (SSSR count). The quantitative estimate of drug-likeness (QED) is 0.475. The molecule has 4 aromatic rings. The Kier molecular flexibility index (Phi) is 5.39. The molecule has 0 aliphatic heterocycles. The Bertz CT molecular complexity index is 1140. The average molecular weight is 449 g/mol. The van der Waals surface area contributed by atoms with Gasteiger partial charge in [-0.2, -0.15) is 5.10 Å². The monoisotopic (exact) mass is 448 g/mol. The van der Waals surface area contributed by atoms with E-state index in [-0.39, 0.29) is 23.8 Å². The van der Waals surface area contributed by atoms with Gasteiger partial charge in [0.05, 0.1) is 16.9 Å². The van der Waals surface area contributed by atoms with Crippen LogP contribution in [0, 0.1) is 0 Å². The van der Waals surface area contributed by atoms with Gasteiger partial charge >= 0.3 is 0 Å². The highest BCUT2D eigenvalue weighted by Crippen LogP contribution is 2.25. The minimum Gasteiger partial charge on any atom is -0.507 e. The molecule has 2 aromatic carbocycles. The van der Waals surface area contributed by atoms with E-state index in [1.807, 2.05) is 48.7 Å². The molecule has 0 atom stereocenters. The summed E-state index contributed by atoms with van der Waals surface area (Å²) in [5, 5.41) is 17.6. The van der Waals surface area contributed by atoms with E-state index < -0.39 is 0 Å². The molecule has 0 aliphatic rings. The summed E-state index contributed by atoms with van der Waals surface area (Å²) in [6, 6.07) is 18.3. The Balaban J connectivity index is 1.63. The number of rotatable bonds is 5. The van der Waals surface area contributed by atoms with E-state index in [1.165, 1.54) is 6.07 Å². The van der Waals surface area contributed by atoms with E-state index in [1.54, 1.807) is 29.2 Å². The Morgan fingerprint density at radius 1 is 1.07 bits per heavy atom. The minimum atomic E-state index is -0.358. The Morgan fingerprint density at radius 2 is 1.83 bits per heavy atom. The molecule has 0 fully saturated rings. The van der Waals surface area contributed by atoms with Gasteiger partial charge in [-0.05, 0) is 42.5 Å². The van der Waals surface area contributed by atoms with Crippen LogP contribution in [0.15, 0.2) is 83.7 Å². The summed E-state index contributed by atoms with van der Waals surface area (Å²) >= 11 is 3.27. The van der Waals surface area contributed by atoms with Gasteiger partial charge < -0.3 is 10.4 Å². The zero-order valence-electron chi connectivity index (χ0n) is 15.3. The van der Waals surface area contributed by atoms with Crippen molar-refractivity contribution in [3.8, 4) is 22.7 Å². The Morgan fingerprint density at radius 3 is 2.55 bits per heavy atom. The highest BCUT2D eigenvalue weighted by atomic mass is 79.9. The number of hydrogen-bond donors (Lipinski definition) is 2. The molecule has 7 heteroatoms. The highest BCUT2D eigenvalue weighted by Gasteiger charge is 2.15. The lowest BCUT2D eigenvalue weighted by atomic mass is 10.1. The molecule has 1 amide bonds. The maximum absolute atomic E-state index is 12.6. The fraction of sp³-hybridized carbons (Fsp3) is 0.0455. The summed E-state index contributed by atoms with van der Waals surface area (Å²) in [4.78, 5) is 16.6. The average Bonchev–Trinajstić information content (AvgIpc) is 3.18. The number of para-hydroxylation sites is 1. The number of nitrogens with one attached hydrogen (secondary N) is 1. The fourth-order valence-electron chi connectivity index (χ4n) is 2.97. The molecule has 0 saturated carbocycles. The van der Waals surface area contributed by atoms with Crippen LogP contribution >= 0.6 is 15.9 Å². The van der Waals surface area contributed by atoms with Crippen LogP contribution in [-0.4, -0.2) is 25.8 Å². The summed E-state index contributed by atoms with van der Waals surface area (Å²) in [5.74, 6) is -0.436. The van der Waals surface area contributed by atoms with Crippen molar-refractivity contribution in [1.82, 2.24) is 20.1 Å². The van der Waals surface area contributed by atoms with Crippen LogP contribution in [-0.2, 0) is 6.54 Å². The summed E-state index contributed by atoms with van der Waals surface area (Å²) in [5.41, 5.74) is 3.66. The number of halogens is 1. The number of benzene rings is 2. The summed E-state index contributed by atoms with van der Waals surface area (Å²) in [6.07, 6.45) is 5.31. The van der Waals surface area contributed by atoms with Crippen LogP contribution in [0.25, 0.3) is 16.9 Å². The first kappa shape index (κ1) is 18.9. The van der Waals surface area contributed by atoms with E-state index in [4.69, 9.17) is 5.10 Å². The zero-order valence-corrected chi connectivity index (χ0v) is 16.9. The number of aromatic nitrogens is 3. The minimum absolute atomic E-state index is 0.0776. The summed E-state index contributed by atoms with van der Waals surface area (Å²) in [6.45, 7) is 0.263. The van der Waals surface area contributed by atoms with Gasteiger partial charge in [0.15, 0.2) is 0 Å². The third-order valence-corrected chi connectivity index (χ3v) is 4.90. The first-order chi connectivity index (χ1) is 14.1. The van der Waals surface area contributed by atoms with E-state index in [2.05, 4.69) is 26.2 Å². The van der Waals surface area contributed by atoms with Crippen LogP contribution < -0.4 is 5.32 Å². The van der Waals surface area contributed by atoms with E-state index in [0.717, 1.165) is 22.5 Å². The normalized spacial score (nSPS) is 10.7. The molecule has 0 aliphatic carbocycles. The van der Waals surface area contributed by atoms with Gasteiger partial charge in [0, 0.05) is 40.7 Å². The van der Waals surface area contributed by atoms with Crippen molar-refractivity contribution in [2.45, 2.75) is 6.54 Å². The smallest absolute Gasteiger partial charge is 0.255 e. The van der Waals surface area contributed by atoms with E-state index in [0.29, 0.717) is 4.47 Å². The number of phenols is 1. The Labute approximate surface area is 176 Å². The molecule has 0 saturated heterocycles. The lowest BCUT2D eigenvalue weighted by Crippen LogP contribution is -2.23. The number of amides is 1. The third-order valence-electron chi connectivity index (χ3n) is 4.41. The van der Waals surface area contributed by atoms with Gasteiger partial charge in [-0.25, -0.2) is 4.68 Å². The number of aromatic hydroxyl groups is 1. The van der Waals surface area contributed by atoms with Gasteiger partial charge in [-0.1, -0.05) is 34.1 Å². The predicted molar refractivity (Wildman–Crippen MR) is 114 cm³/mol. The number of pyridine rings is 1. The molecule has 0 spiro atoms. The SMILES string of the molecule is O=C(NCc1cn(-c2ccccc2)nc1-c1ccncc1)c1ccc(Br)cc1O. The Hall–Kier alpha value is -3.45. The van der Waals surface area contributed by atoms with E-state index in [9.17, 15) is 9.90 Å². The van der Waals surface area contributed by atoms with Crippen molar-refractivity contribution in [2.24, 2.45) is 0 Å². The van der Waals surface area contributed by atoms with Crippen LogP contribution in [0.5, 0.6) is 5.75 Å². The van der Waals surface area contributed by atoms with Crippen LogP contribution in [0.4, 0.5) is 0 Å². The molecule has 2 aromatic heterocycles. The maximum Gasteiger partial charge on any atom is 0.255 e. The van der Waals surface area contributed by atoms with Crippen molar-refractivity contribution in [1.29, 1.82) is 0 Å². The lowest BCUT2D eigenvalue weighted by Gasteiger charge is -2.07. The fourth-order valence-corrected chi connectivity index (χ4v) is 3.32. The van der Waals surface area contributed by atoms with Crippen molar-refractivity contribution < 1.29 is 9.90 Å². The summed E-state index contributed by atoms with van der Waals surface area (Å²) < 4.78 is 2.49. The molecule has 0 bridgehead atoms. The predicted octanol–water partition coefficient (Wildman–Crippen LogP) is 4.33. The third kappa shape index (κ3) is 4.20. The number of nitrogens with zero attached hydrogens (tertiary/aromatic N) is 3. The molecule has 29 heavy (non-hydrogen) atoms. The molecular weight excluding hydrogens is 432 g/mol. The second-order valence-electron chi connectivity index (χ2n) is 6.36. The summed E-state index contributed by atoms with van der Waals surface area (Å²) in [7, 11) is 0. The van der Waals surface area contributed by atoms with Crippen molar-refractivity contribution >= 4 is 21.8 Å². The molecule has 2 heterocycles. The molecule has 144 valence electrons. The first-order valence-electron chi connectivity index (χ1n) is 8.93. The van der Waals surface area contributed by atoms with E-state index >= 15 is 0 Å².